The van der Waals surface area contributed by atoms with Gasteiger partial charge >= 0.3 is 11.9 Å². The van der Waals surface area contributed by atoms with E-state index in [9.17, 15) is 14.7 Å². The van der Waals surface area contributed by atoms with Crippen molar-refractivity contribution < 1.29 is 19.8 Å². The minimum Gasteiger partial charge on any atom is -0.478 e. The number of hydrogen-bond donors (Lipinski definition) is 2. The van der Waals surface area contributed by atoms with E-state index in [1.165, 1.54) is 41.7 Å². The van der Waals surface area contributed by atoms with Crippen molar-refractivity contribution >= 4 is 17.5 Å². The number of hydrogen-bond acceptors (Lipinski definition) is 2. The van der Waals surface area contributed by atoms with Gasteiger partial charge in [-0.1, -0.05) is 64.1 Å². The summed E-state index contributed by atoms with van der Waals surface area (Å²) in [5, 5.41) is 18.3. The molecule has 0 aliphatic heterocycles. The van der Waals surface area contributed by atoms with E-state index >= 15 is 0 Å². The van der Waals surface area contributed by atoms with Gasteiger partial charge in [-0.05, 0) is 82.5 Å². The van der Waals surface area contributed by atoms with E-state index in [-0.39, 0.29) is 16.4 Å². The number of carbonyl (C=O) groups is 2. The van der Waals surface area contributed by atoms with E-state index < -0.39 is 11.9 Å². The topological polar surface area (TPSA) is 74.6 Å². The second-order valence-electron chi connectivity index (χ2n) is 9.90. The number of carboxylic acid groups (broad SMARTS) is 2. The number of aliphatic carboxylic acids is 1. The van der Waals surface area contributed by atoms with Crippen LogP contribution in [-0.4, -0.2) is 22.2 Å². The molecule has 0 fully saturated rings. The molecule has 1 aliphatic carbocycles. The van der Waals surface area contributed by atoms with Gasteiger partial charge in [-0.2, -0.15) is 0 Å². The quantitative estimate of drug-likeness (QED) is 0.393. The van der Waals surface area contributed by atoms with Gasteiger partial charge in [-0.25, -0.2) is 9.59 Å². The van der Waals surface area contributed by atoms with E-state index in [1.807, 2.05) is 6.08 Å². The Bertz CT molecular complexity index is 1090. The molecule has 0 radical (unpaired) electrons. The van der Waals surface area contributed by atoms with Crippen molar-refractivity contribution in [1.29, 1.82) is 0 Å². The van der Waals surface area contributed by atoms with E-state index in [1.54, 1.807) is 18.2 Å². The van der Waals surface area contributed by atoms with Crippen LogP contribution in [0.4, 0.5) is 0 Å². The summed E-state index contributed by atoms with van der Waals surface area (Å²) >= 11 is 0. The Kier molecular flexibility index (Phi) is 6.73. The average molecular weight is 433 g/mol. The minimum absolute atomic E-state index is 0.156. The number of aromatic carboxylic acids is 1. The highest BCUT2D eigenvalue weighted by molar-refractivity contribution is 5.90. The average Bonchev–Trinajstić information content (AvgIpc) is 2.74. The van der Waals surface area contributed by atoms with Crippen molar-refractivity contribution in [3.05, 3.63) is 88.5 Å². The van der Waals surface area contributed by atoms with Crippen molar-refractivity contribution in [2.24, 2.45) is 0 Å². The fourth-order valence-corrected chi connectivity index (χ4v) is 4.46. The number of benzene rings is 2. The first-order chi connectivity index (χ1) is 15.0. The Hall–Kier alpha value is -3.14. The Morgan fingerprint density at radius 1 is 0.875 bits per heavy atom. The molecule has 0 spiro atoms. The standard InChI is InChI=1S/C28H32O4/c1-27(2)15-16-28(3,4)24-17-19(11-13-23(24)27)7-5-8-20(12-14-25(29)30)21-9-6-10-22(18-21)26(31)32/h6,8-14,17-18H,5,7,15-16H2,1-4H3,(H,29,30)(H,31,32)/b14-12+,20-8-. The molecule has 2 aromatic rings. The summed E-state index contributed by atoms with van der Waals surface area (Å²) < 4.78 is 0. The van der Waals surface area contributed by atoms with Gasteiger partial charge in [0.25, 0.3) is 0 Å². The van der Waals surface area contributed by atoms with Gasteiger partial charge in [-0.3, -0.25) is 0 Å². The summed E-state index contributed by atoms with van der Waals surface area (Å²) in [5.41, 5.74) is 6.03. The molecule has 0 amide bonds. The van der Waals surface area contributed by atoms with Crippen molar-refractivity contribution in [3.63, 3.8) is 0 Å². The number of rotatable bonds is 7. The van der Waals surface area contributed by atoms with Gasteiger partial charge in [0.15, 0.2) is 0 Å². The molecule has 2 N–H and O–H groups in total. The van der Waals surface area contributed by atoms with E-state index in [0.29, 0.717) is 11.1 Å². The largest absolute Gasteiger partial charge is 0.478 e. The van der Waals surface area contributed by atoms with Crippen LogP contribution < -0.4 is 0 Å². The van der Waals surface area contributed by atoms with Gasteiger partial charge in [0, 0.05) is 6.08 Å². The molecule has 0 aromatic heterocycles. The predicted molar refractivity (Wildman–Crippen MR) is 128 cm³/mol. The molecule has 0 saturated carbocycles. The molecule has 4 heteroatoms. The first-order valence-electron chi connectivity index (χ1n) is 11.1. The maximum atomic E-state index is 11.3. The van der Waals surface area contributed by atoms with Gasteiger partial charge < -0.3 is 10.2 Å². The maximum absolute atomic E-state index is 11.3. The minimum atomic E-state index is -1.04. The van der Waals surface area contributed by atoms with Crippen LogP contribution in [0.15, 0.2) is 60.7 Å². The maximum Gasteiger partial charge on any atom is 0.335 e. The third kappa shape index (κ3) is 5.37. The molecular weight excluding hydrogens is 400 g/mol. The molecule has 0 bridgehead atoms. The fraction of sp³-hybridized carbons (Fsp3) is 0.357. The van der Waals surface area contributed by atoms with E-state index in [4.69, 9.17) is 5.11 Å². The SMILES string of the molecule is CC1(C)CCC(C)(C)c2cc(CC/C=C(/C=C/C(=O)O)c3cccc(C(=O)O)c3)ccc21. The zero-order chi connectivity index (χ0) is 23.5. The van der Waals surface area contributed by atoms with Crippen LogP contribution in [0.25, 0.3) is 5.57 Å². The number of fused-ring (bicyclic) bond motifs is 1. The molecule has 32 heavy (non-hydrogen) atoms. The number of aryl methyl sites for hydroxylation is 1. The zero-order valence-electron chi connectivity index (χ0n) is 19.3. The molecular formula is C28H32O4. The summed E-state index contributed by atoms with van der Waals surface area (Å²) in [6, 6.07) is 13.4. The lowest BCUT2D eigenvalue weighted by Gasteiger charge is -2.42. The summed E-state index contributed by atoms with van der Waals surface area (Å²) in [7, 11) is 0. The lowest BCUT2D eigenvalue weighted by molar-refractivity contribution is -0.131. The lowest BCUT2D eigenvalue weighted by atomic mass is 9.63. The Labute approximate surface area is 190 Å². The van der Waals surface area contributed by atoms with Gasteiger partial charge in [-0.15, -0.1) is 0 Å². The summed E-state index contributed by atoms with van der Waals surface area (Å²) in [6.45, 7) is 9.26. The van der Waals surface area contributed by atoms with Crippen LogP contribution in [-0.2, 0) is 22.0 Å². The van der Waals surface area contributed by atoms with Crippen molar-refractivity contribution in [2.75, 3.05) is 0 Å². The monoisotopic (exact) mass is 432 g/mol. The third-order valence-electron chi connectivity index (χ3n) is 6.56. The Morgan fingerprint density at radius 3 is 2.19 bits per heavy atom. The molecule has 3 rings (SSSR count). The van der Waals surface area contributed by atoms with E-state index in [2.05, 4.69) is 45.9 Å². The van der Waals surface area contributed by atoms with Gasteiger partial charge in [0.2, 0.25) is 0 Å². The second-order valence-corrected chi connectivity index (χ2v) is 9.90. The molecule has 1 aliphatic rings. The molecule has 2 aromatic carbocycles. The van der Waals surface area contributed by atoms with Gasteiger partial charge in [0.1, 0.15) is 0 Å². The highest BCUT2D eigenvalue weighted by atomic mass is 16.4. The third-order valence-corrected chi connectivity index (χ3v) is 6.56. The van der Waals surface area contributed by atoms with Crippen LogP contribution in [0, 0.1) is 0 Å². The Balaban J connectivity index is 1.86. The lowest BCUT2D eigenvalue weighted by Crippen LogP contribution is -2.33. The van der Waals surface area contributed by atoms with Crippen LogP contribution in [0.2, 0.25) is 0 Å². The van der Waals surface area contributed by atoms with Crippen molar-refractivity contribution in [2.45, 2.75) is 64.2 Å². The second kappa shape index (κ2) is 9.15. The summed E-state index contributed by atoms with van der Waals surface area (Å²) in [5.74, 6) is -2.04. The van der Waals surface area contributed by atoms with Crippen LogP contribution in [0.5, 0.6) is 0 Å². The molecule has 0 saturated heterocycles. The molecule has 168 valence electrons. The van der Waals surface area contributed by atoms with Gasteiger partial charge in [0.05, 0.1) is 5.56 Å². The predicted octanol–water partition coefficient (Wildman–Crippen LogP) is 6.39. The molecule has 4 nitrogen and oxygen atoms in total. The van der Waals surface area contributed by atoms with Crippen molar-refractivity contribution in [3.8, 4) is 0 Å². The molecule has 0 heterocycles. The van der Waals surface area contributed by atoms with Crippen molar-refractivity contribution in [1.82, 2.24) is 0 Å². The smallest absolute Gasteiger partial charge is 0.335 e. The van der Waals surface area contributed by atoms with Crippen LogP contribution >= 0.6 is 0 Å². The summed E-state index contributed by atoms with van der Waals surface area (Å²) in [4.78, 5) is 22.4. The zero-order valence-corrected chi connectivity index (χ0v) is 19.3. The molecule has 0 atom stereocenters. The fourth-order valence-electron chi connectivity index (χ4n) is 4.46. The number of allylic oxidation sites excluding steroid dienone is 3. The number of carboxylic acids is 2. The van der Waals surface area contributed by atoms with E-state index in [0.717, 1.165) is 18.9 Å². The highest BCUT2D eigenvalue weighted by Crippen LogP contribution is 2.46. The first-order valence-corrected chi connectivity index (χ1v) is 11.1. The Morgan fingerprint density at radius 2 is 1.53 bits per heavy atom. The highest BCUT2D eigenvalue weighted by Gasteiger charge is 2.36. The summed E-state index contributed by atoms with van der Waals surface area (Å²) in [6.07, 6.45) is 8.50. The first kappa shape index (κ1) is 23.5. The normalized spacial score (nSPS) is 17.2. The molecule has 0 unspecified atom stereocenters. The van der Waals surface area contributed by atoms with Crippen LogP contribution in [0.3, 0.4) is 0 Å². The van der Waals surface area contributed by atoms with Crippen LogP contribution in [0.1, 0.15) is 79.6 Å².